The second-order valence-electron chi connectivity index (χ2n) is 3.98. The highest BCUT2D eigenvalue weighted by atomic mass is 79.9. The highest BCUT2D eigenvalue weighted by Crippen LogP contribution is 2.27. The number of halogens is 3. The van der Waals surface area contributed by atoms with E-state index in [-0.39, 0.29) is 16.1 Å². The number of nitrogens with zero attached hydrogens (tertiary/aromatic N) is 1. The van der Waals surface area contributed by atoms with Crippen molar-refractivity contribution in [3.05, 3.63) is 57.3 Å². The topological polar surface area (TPSA) is 70.0 Å². The number of hydrogen-bond acceptors (Lipinski definition) is 3. The molecule has 0 unspecified atom stereocenters. The quantitative estimate of drug-likeness (QED) is 0.865. The minimum absolute atomic E-state index is 0.00460. The summed E-state index contributed by atoms with van der Waals surface area (Å²) in [7, 11) is -3.91. The standard InChI is InChI=1S/C13H7BrClFN2O2S/c14-11-6-10(2-3-12(11)15)21(19,20)18-13-4-1-9(16)5-8(13)7-17/h1-6,18H. The molecule has 0 bridgehead atoms. The van der Waals surface area contributed by atoms with Crippen molar-refractivity contribution < 1.29 is 12.8 Å². The lowest BCUT2D eigenvalue weighted by molar-refractivity contribution is 0.601. The van der Waals surface area contributed by atoms with E-state index in [1.807, 2.05) is 0 Å². The zero-order valence-electron chi connectivity index (χ0n) is 10.3. The molecule has 0 heterocycles. The molecule has 0 saturated carbocycles. The number of sulfonamides is 1. The first-order valence-corrected chi connectivity index (χ1v) is 8.16. The summed E-state index contributed by atoms with van der Waals surface area (Å²) >= 11 is 8.94. The average molecular weight is 390 g/mol. The van der Waals surface area contributed by atoms with Crippen LogP contribution in [0.3, 0.4) is 0 Å². The molecule has 0 aliphatic carbocycles. The Labute approximate surface area is 134 Å². The zero-order valence-corrected chi connectivity index (χ0v) is 13.4. The van der Waals surface area contributed by atoms with Crippen LogP contribution >= 0.6 is 27.5 Å². The SMILES string of the molecule is N#Cc1cc(F)ccc1NS(=O)(=O)c1ccc(Cl)c(Br)c1. The Bertz CT molecular complexity index is 850. The molecule has 0 aliphatic rings. The maximum atomic E-state index is 13.0. The fourth-order valence-corrected chi connectivity index (χ4v) is 3.30. The number of anilines is 1. The Kier molecular flexibility index (Phi) is 4.52. The van der Waals surface area contributed by atoms with Crippen LogP contribution in [0.15, 0.2) is 45.8 Å². The number of nitrogens with one attached hydrogen (secondary N) is 1. The minimum atomic E-state index is -3.91. The molecular weight excluding hydrogens is 383 g/mol. The number of hydrogen-bond donors (Lipinski definition) is 1. The molecule has 0 atom stereocenters. The molecule has 0 amide bonds. The minimum Gasteiger partial charge on any atom is -0.278 e. The normalized spacial score (nSPS) is 11.0. The maximum absolute atomic E-state index is 13.0. The molecular formula is C13H7BrClFN2O2S. The van der Waals surface area contributed by atoms with Crippen molar-refractivity contribution in [2.75, 3.05) is 4.72 Å². The molecule has 2 aromatic rings. The lowest BCUT2D eigenvalue weighted by atomic mass is 10.2. The summed E-state index contributed by atoms with van der Waals surface area (Å²) in [6.45, 7) is 0. The number of nitriles is 1. The van der Waals surface area contributed by atoms with Gasteiger partial charge in [-0.15, -0.1) is 0 Å². The lowest BCUT2D eigenvalue weighted by Gasteiger charge is -2.10. The van der Waals surface area contributed by atoms with Crippen LogP contribution in [-0.2, 0) is 10.0 Å². The van der Waals surface area contributed by atoms with Crippen molar-refractivity contribution in [1.29, 1.82) is 5.26 Å². The summed E-state index contributed by atoms with van der Waals surface area (Å²) < 4.78 is 40.2. The Morgan fingerprint density at radius 2 is 1.95 bits per heavy atom. The van der Waals surface area contributed by atoms with Gasteiger partial charge in [0.1, 0.15) is 11.9 Å². The van der Waals surface area contributed by atoms with Gasteiger partial charge in [0.15, 0.2) is 0 Å². The van der Waals surface area contributed by atoms with E-state index in [9.17, 15) is 12.8 Å². The van der Waals surface area contributed by atoms with Crippen LogP contribution in [-0.4, -0.2) is 8.42 Å². The summed E-state index contributed by atoms with van der Waals surface area (Å²) in [5.41, 5.74) is -0.100. The molecule has 0 aromatic heterocycles. The Morgan fingerprint density at radius 1 is 1.24 bits per heavy atom. The monoisotopic (exact) mass is 388 g/mol. The predicted octanol–water partition coefficient (Wildman–Crippen LogP) is 3.91. The number of rotatable bonds is 3. The third-order valence-corrected chi connectivity index (χ3v) is 5.12. The van der Waals surface area contributed by atoms with Crippen LogP contribution in [0.4, 0.5) is 10.1 Å². The molecule has 2 aromatic carbocycles. The molecule has 4 nitrogen and oxygen atoms in total. The predicted molar refractivity (Wildman–Crippen MR) is 81.1 cm³/mol. The summed E-state index contributed by atoms with van der Waals surface area (Å²) in [6.07, 6.45) is 0. The van der Waals surface area contributed by atoms with Crippen LogP contribution in [0.1, 0.15) is 5.56 Å². The van der Waals surface area contributed by atoms with E-state index in [0.29, 0.717) is 9.50 Å². The molecule has 0 aliphatic heterocycles. The van der Waals surface area contributed by atoms with Crippen molar-refractivity contribution >= 4 is 43.2 Å². The third kappa shape index (κ3) is 3.53. The zero-order chi connectivity index (χ0) is 15.6. The van der Waals surface area contributed by atoms with Crippen LogP contribution in [0.2, 0.25) is 5.02 Å². The van der Waals surface area contributed by atoms with Gasteiger partial charge in [-0.05, 0) is 52.3 Å². The van der Waals surface area contributed by atoms with E-state index in [2.05, 4.69) is 20.7 Å². The van der Waals surface area contributed by atoms with Crippen molar-refractivity contribution in [1.82, 2.24) is 0 Å². The van der Waals surface area contributed by atoms with Gasteiger partial charge in [0, 0.05) is 4.47 Å². The van der Waals surface area contributed by atoms with Gasteiger partial charge >= 0.3 is 0 Å². The summed E-state index contributed by atoms with van der Waals surface area (Å²) in [5.74, 6) is -0.622. The van der Waals surface area contributed by atoms with Crippen molar-refractivity contribution in [2.24, 2.45) is 0 Å². The average Bonchev–Trinajstić information content (AvgIpc) is 2.43. The van der Waals surface area contributed by atoms with E-state index in [1.54, 1.807) is 6.07 Å². The first-order chi connectivity index (χ1) is 9.83. The highest BCUT2D eigenvalue weighted by Gasteiger charge is 2.17. The van der Waals surface area contributed by atoms with Crippen LogP contribution in [0.25, 0.3) is 0 Å². The highest BCUT2D eigenvalue weighted by molar-refractivity contribution is 9.10. The van der Waals surface area contributed by atoms with Crippen molar-refractivity contribution in [3.63, 3.8) is 0 Å². The summed E-state index contributed by atoms with van der Waals surface area (Å²) in [4.78, 5) is -0.0352. The summed E-state index contributed by atoms with van der Waals surface area (Å²) in [5, 5.41) is 9.28. The molecule has 0 spiro atoms. The van der Waals surface area contributed by atoms with Crippen LogP contribution in [0.5, 0.6) is 0 Å². The van der Waals surface area contributed by atoms with Gasteiger partial charge in [-0.25, -0.2) is 12.8 Å². The first-order valence-electron chi connectivity index (χ1n) is 5.51. The molecule has 2 rings (SSSR count). The third-order valence-electron chi connectivity index (χ3n) is 2.55. The molecule has 0 saturated heterocycles. The van der Waals surface area contributed by atoms with Gasteiger partial charge in [-0.2, -0.15) is 5.26 Å². The fourth-order valence-electron chi connectivity index (χ4n) is 1.55. The lowest BCUT2D eigenvalue weighted by Crippen LogP contribution is -2.14. The fraction of sp³-hybridized carbons (Fsp3) is 0. The van der Waals surface area contributed by atoms with E-state index in [0.717, 1.165) is 12.1 Å². The van der Waals surface area contributed by atoms with Crippen molar-refractivity contribution in [2.45, 2.75) is 4.90 Å². The van der Waals surface area contributed by atoms with Crippen LogP contribution < -0.4 is 4.72 Å². The molecule has 21 heavy (non-hydrogen) atoms. The van der Waals surface area contributed by atoms with Crippen molar-refractivity contribution in [3.8, 4) is 6.07 Å². The van der Waals surface area contributed by atoms with Gasteiger partial charge in [-0.3, -0.25) is 4.72 Å². The van der Waals surface area contributed by atoms with E-state index in [4.69, 9.17) is 16.9 Å². The maximum Gasteiger partial charge on any atom is 0.261 e. The van der Waals surface area contributed by atoms with E-state index >= 15 is 0 Å². The summed E-state index contributed by atoms with van der Waals surface area (Å²) in [6, 6.07) is 9.03. The first kappa shape index (κ1) is 15.8. The van der Waals surface area contributed by atoms with Gasteiger partial charge in [0.25, 0.3) is 10.0 Å². The molecule has 0 fully saturated rings. The Morgan fingerprint density at radius 3 is 2.57 bits per heavy atom. The molecule has 0 radical (unpaired) electrons. The second kappa shape index (κ2) is 6.02. The van der Waals surface area contributed by atoms with Gasteiger partial charge < -0.3 is 0 Å². The van der Waals surface area contributed by atoms with Crippen LogP contribution in [0, 0.1) is 17.1 Å². The molecule has 8 heteroatoms. The van der Waals surface area contributed by atoms with E-state index < -0.39 is 15.8 Å². The molecule has 1 N–H and O–H groups in total. The van der Waals surface area contributed by atoms with E-state index in [1.165, 1.54) is 24.3 Å². The second-order valence-corrected chi connectivity index (χ2v) is 6.93. The number of benzene rings is 2. The van der Waals surface area contributed by atoms with Gasteiger partial charge in [0.05, 0.1) is 21.2 Å². The van der Waals surface area contributed by atoms with Gasteiger partial charge in [0.2, 0.25) is 0 Å². The van der Waals surface area contributed by atoms with Gasteiger partial charge in [-0.1, -0.05) is 11.6 Å². The smallest absolute Gasteiger partial charge is 0.261 e. The largest absolute Gasteiger partial charge is 0.278 e. The molecule has 108 valence electrons. The Hall–Kier alpha value is -1.62. The Balaban J connectivity index is 2.42.